The zero-order valence-corrected chi connectivity index (χ0v) is 14.7. The molecule has 0 spiro atoms. The SMILES string of the molecule is O=C(O)C(S)(S)Cc1ncccc1-c1nc2ccc(C(F)(F)F)cc2[nH]1. The Morgan fingerprint density at radius 1 is 1.23 bits per heavy atom. The van der Waals surface area contributed by atoms with Crippen molar-refractivity contribution in [3.05, 3.63) is 47.8 Å². The number of imidazole rings is 1. The van der Waals surface area contributed by atoms with Gasteiger partial charge in [0.05, 0.1) is 22.3 Å². The molecule has 2 heterocycles. The van der Waals surface area contributed by atoms with Crippen LogP contribution in [0.3, 0.4) is 0 Å². The van der Waals surface area contributed by atoms with E-state index in [1.165, 1.54) is 12.3 Å². The highest BCUT2D eigenvalue weighted by Crippen LogP contribution is 2.33. The third-order valence-corrected chi connectivity index (χ3v) is 4.41. The molecule has 0 unspecified atom stereocenters. The van der Waals surface area contributed by atoms with E-state index >= 15 is 0 Å². The van der Waals surface area contributed by atoms with E-state index in [-0.39, 0.29) is 17.8 Å². The van der Waals surface area contributed by atoms with E-state index in [2.05, 4.69) is 40.2 Å². The van der Waals surface area contributed by atoms with Gasteiger partial charge in [0.25, 0.3) is 0 Å². The van der Waals surface area contributed by atoms with E-state index < -0.39 is 21.8 Å². The predicted molar refractivity (Wildman–Crippen MR) is 96.4 cm³/mol. The predicted octanol–water partition coefficient (Wildman–Crippen LogP) is 3.83. The highest BCUT2D eigenvalue weighted by molar-refractivity contribution is 8.01. The fourth-order valence-electron chi connectivity index (χ4n) is 2.42. The Labute approximate surface area is 156 Å². The molecule has 3 aromatic rings. The lowest BCUT2D eigenvalue weighted by Crippen LogP contribution is -2.29. The van der Waals surface area contributed by atoms with E-state index in [1.807, 2.05) is 0 Å². The first kappa shape index (κ1) is 18.6. The second-order valence-corrected chi connectivity index (χ2v) is 7.49. The molecule has 0 radical (unpaired) electrons. The molecule has 0 atom stereocenters. The van der Waals surface area contributed by atoms with Crippen molar-refractivity contribution in [1.29, 1.82) is 0 Å². The molecule has 5 nitrogen and oxygen atoms in total. The van der Waals surface area contributed by atoms with Crippen LogP contribution in [-0.4, -0.2) is 30.1 Å². The minimum Gasteiger partial charge on any atom is -0.480 e. The molecule has 2 N–H and O–H groups in total. The van der Waals surface area contributed by atoms with Gasteiger partial charge in [0.1, 0.15) is 5.82 Å². The molecule has 10 heteroatoms. The van der Waals surface area contributed by atoms with Gasteiger partial charge in [-0.3, -0.25) is 4.98 Å². The average Bonchev–Trinajstić information content (AvgIpc) is 2.96. The molecule has 0 saturated heterocycles. The average molecular weight is 399 g/mol. The van der Waals surface area contributed by atoms with Crippen LogP contribution in [0.15, 0.2) is 36.5 Å². The number of H-pyrrole nitrogens is 1. The van der Waals surface area contributed by atoms with E-state index in [0.29, 0.717) is 16.8 Å². The Hall–Kier alpha value is -2.20. The number of benzene rings is 1. The highest BCUT2D eigenvalue weighted by Gasteiger charge is 2.33. The Balaban J connectivity index is 2.06. The number of hydrogen-bond acceptors (Lipinski definition) is 5. The molecule has 0 bridgehead atoms. The minimum atomic E-state index is -4.46. The van der Waals surface area contributed by atoms with Crippen molar-refractivity contribution >= 4 is 42.3 Å². The zero-order valence-electron chi connectivity index (χ0n) is 12.9. The first-order valence-corrected chi connectivity index (χ1v) is 8.17. The summed E-state index contributed by atoms with van der Waals surface area (Å²) in [5.41, 5.74) is 0.595. The molecule has 0 saturated carbocycles. The van der Waals surface area contributed by atoms with Gasteiger partial charge in [-0.1, -0.05) is 0 Å². The quantitative estimate of drug-likeness (QED) is 0.397. The zero-order chi connectivity index (χ0) is 19.1. The number of pyridine rings is 1. The molecule has 0 aliphatic heterocycles. The van der Waals surface area contributed by atoms with E-state index in [4.69, 9.17) is 0 Å². The Morgan fingerprint density at radius 3 is 2.62 bits per heavy atom. The summed E-state index contributed by atoms with van der Waals surface area (Å²) in [6, 6.07) is 6.46. The maximum atomic E-state index is 12.9. The van der Waals surface area contributed by atoms with Crippen molar-refractivity contribution < 1.29 is 23.1 Å². The molecule has 26 heavy (non-hydrogen) atoms. The van der Waals surface area contributed by atoms with Gasteiger partial charge in [0, 0.05) is 18.2 Å². The number of hydrogen-bond donors (Lipinski definition) is 4. The summed E-state index contributed by atoms with van der Waals surface area (Å²) >= 11 is 8.03. The Kier molecular flexibility index (Phi) is 4.65. The van der Waals surface area contributed by atoms with Crippen molar-refractivity contribution in [1.82, 2.24) is 15.0 Å². The summed E-state index contributed by atoms with van der Waals surface area (Å²) in [7, 11) is 0. The molecular formula is C16H12F3N3O2S2. The normalized spacial score (nSPS) is 12.5. The number of halogens is 3. The first-order valence-electron chi connectivity index (χ1n) is 7.27. The number of carbonyl (C=O) groups is 1. The van der Waals surface area contributed by atoms with Crippen LogP contribution in [0.4, 0.5) is 13.2 Å². The van der Waals surface area contributed by atoms with Crippen LogP contribution in [0.5, 0.6) is 0 Å². The second-order valence-electron chi connectivity index (χ2n) is 5.61. The van der Waals surface area contributed by atoms with Crippen molar-refractivity contribution in [2.75, 3.05) is 0 Å². The number of fused-ring (bicyclic) bond motifs is 1. The number of aliphatic carboxylic acids is 1. The van der Waals surface area contributed by atoms with E-state index in [1.54, 1.807) is 12.1 Å². The van der Waals surface area contributed by atoms with Crippen LogP contribution in [0.2, 0.25) is 0 Å². The Bertz CT molecular complexity index is 986. The lowest BCUT2D eigenvalue weighted by atomic mass is 10.1. The summed E-state index contributed by atoms with van der Waals surface area (Å²) in [4.78, 5) is 22.5. The fourth-order valence-corrected chi connectivity index (χ4v) is 2.72. The van der Waals surface area contributed by atoms with Gasteiger partial charge in [0.15, 0.2) is 4.08 Å². The summed E-state index contributed by atoms with van der Waals surface area (Å²) < 4.78 is 36.9. The van der Waals surface area contributed by atoms with Crippen LogP contribution in [0.25, 0.3) is 22.4 Å². The monoisotopic (exact) mass is 399 g/mol. The molecule has 0 fully saturated rings. The minimum absolute atomic E-state index is 0.116. The van der Waals surface area contributed by atoms with Crippen LogP contribution in [-0.2, 0) is 17.4 Å². The van der Waals surface area contributed by atoms with Crippen LogP contribution < -0.4 is 0 Å². The van der Waals surface area contributed by atoms with Gasteiger partial charge in [-0.05, 0) is 30.3 Å². The second kappa shape index (κ2) is 6.51. The number of aromatic amines is 1. The standard InChI is InChI=1S/C16H12F3N3O2S2/c17-16(18,19)8-3-4-10-11(6-8)22-13(21-10)9-2-1-5-20-12(9)7-15(25,26)14(23)24/h1-6,25-26H,7H2,(H,21,22)(H,23,24). The molecular weight excluding hydrogens is 387 g/mol. The first-order chi connectivity index (χ1) is 12.1. The van der Waals surface area contributed by atoms with Gasteiger partial charge in [-0.15, -0.1) is 25.3 Å². The lowest BCUT2D eigenvalue weighted by Gasteiger charge is -2.17. The molecule has 136 valence electrons. The molecule has 0 aliphatic rings. The molecule has 0 amide bonds. The van der Waals surface area contributed by atoms with Crippen molar-refractivity contribution in [3.8, 4) is 11.4 Å². The highest BCUT2D eigenvalue weighted by atomic mass is 32.2. The van der Waals surface area contributed by atoms with Crippen LogP contribution in [0.1, 0.15) is 11.3 Å². The number of aromatic nitrogens is 3. The van der Waals surface area contributed by atoms with Crippen LogP contribution >= 0.6 is 25.3 Å². The van der Waals surface area contributed by atoms with Gasteiger partial charge >= 0.3 is 12.1 Å². The lowest BCUT2D eigenvalue weighted by molar-refractivity contribution is -0.138. The smallest absolute Gasteiger partial charge is 0.416 e. The van der Waals surface area contributed by atoms with Crippen molar-refractivity contribution in [2.24, 2.45) is 0 Å². The number of carboxylic acid groups (broad SMARTS) is 1. The number of nitrogens with zero attached hydrogens (tertiary/aromatic N) is 2. The molecule has 2 aromatic heterocycles. The maximum Gasteiger partial charge on any atom is 0.416 e. The summed E-state index contributed by atoms with van der Waals surface area (Å²) in [5, 5.41) is 9.17. The van der Waals surface area contributed by atoms with Crippen molar-refractivity contribution in [2.45, 2.75) is 16.7 Å². The summed E-state index contributed by atoms with van der Waals surface area (Å²) in [6.07, 6.45) is -3.10. The van der Waals surface area contributed by atoms with Gasteiger partial charge in [0.2, 0.25) is 0 Å². The summed E-state index contributed by atoms with van der Waals surface area (Å²) in [6.45, 7) is 0. The number of rotatable bonds is 4. The largest absolute Gasteiger partial charge is 0.480 e. The topological polar surface area (TPSA) is 78.9 Å². The third-order valence-electron chi connectivity index (χ3n) is 3.71. The van der Waals surface area contributed by atoms with Crippen molar-refractivity contribution in [3.63, 3.8) is 0 Å². The fraction of sp³-hybridized carbons (Fsp3) is 0.188. The third kappa shape index (κ3) is 3.65. The van der Waals surface area contributed by atoms with Gasteiger partial charge in [-0.2, -0.15) is 13.2 Å². The van der Waals surface area contributed by atoms with Crippen LogP contribution in [0, 0.1) is 0 Å². The number of alkyl halides is 3. The number of carboxylic acids is 1. The Morgan fingerprint density at radius 2 is 1.96 bits per heavy atom. The number of nitrogens with one attached hydrogen (secondary N) is 1. The van der Waals surface area contributed by atoms with Gasteiger partial charge in [-0.25, -0.2) is 9.78 Å². The maximum absolute atomic E-state index is 12.9. The molecule has 3 rings (SSSR count). The summed E-state index contributed by atoms with van der Waals surface area (Å²) in [5.74, 6) is -0.953. The molecule has 1 aromatic carbocycles. The molecule has 0 aliphatic carbocycles. The van der Waals surface area contributed by atoms with Gasteiger partial charge < -0.3 is 10.1 Å². The number of thiol groups is 2. The van der Waals surface area contributed by atoms with E-state index in [9.17, 15) is 23.1 Å². The van der Waals surface area contributed by atoms with E-state index in [0.717, 1.165) is 12.1 Å².